The number of nitrogens with one attached hydrogen (secondary N) is 1. The molecule has 0 saturated carbocycles. The van der Waals surface area contributed by atoms with Crippen molar-refractivity contribution in [3.8, 4) is 23.8 Å². The average molecular weight is 247 g/mol. The molecule has 0 aromatic heterocycles. The third-order valence-corrected chi connectivity index (χ3v) is 2.66. The van der Waals surface area contributed by atoms with Crippen molar-refractivity contribution in [3.63, 3.8) is 0 Å². The zero-order valence-electron chi connectivity index (χ0n) is 10.6. The summed E-state index contributed by atoms with van der Waals surface area (Å²) in [6.07, 6.45) is 6.43. The first-order chi connectivity index (χ1) is 8.63. The fraction of sp³-hybridized carbons (Fsp3) is 0.357. The Balaban J connectivity index is 2.88. The lowest BCUT2D eigenvalue weighted by Gasteiger charge is -2.15. The molecule has 0 aliphatic heterocycles. The number of aromatic hydroxyl groups is 1. The molecule has 1 aromatic carbocycles. The lowest BCUT2D eigenvalue weighted by atomic mass is 10.1. The second-order valence-corrected chi connectivity index (χ2v) is 3.84. The number of ether oxygens (including phenoxy) is 1. The molecule has 0 aliphatic rings. The van der Waals surface area contributed by atoms with Gasteiger partial charge in [0.05, 0.1) is 12.7 Å². The van der Waals surface area contributed by atoms with Crippen molar-refractivity contribution in [1.29, 1.82) is 0 Å². The quantitative estimate of drug-likeness (QED) is 0.782. The number of carbonyl (C=O) groups excluding carboxylic acids is 1. The minimum absolute atomic E-state index is 0.0897. The Hall–Kier alpha value is -2.15. The molecule has 1 atom stereocenters. The maximum atomic E-state index is 12.0. The first-order valence-electron chi connectivity index (χ1n) is 5.74. The topological polar surface area (TPSA) is 58.6 Å². The molecular formula is C14H17NO3. The number of hydrogen-bond acceptors (Lipinski definition) is 3. The second-order valence-electron chi connectivity index (χ2n) is 3.84. The van der Waals surface area contributed by atoms with Crippen LogP contribution in [0.5, 0.6) is 11.5 Å². The van der Waals surface area contributed by atoms with E-state index in [1.807, 2.05) is 6.92 Å². The van der Waals surface area contributed by atoms with Crippen molar-refractivity contribution in [2.75, 3.05) is 7.11 Å². The largest absolute Gasteiger partial charge is 0.504 e. The van der Waals surface area contributed by atoms with Gasteiger partial charge >= 0.3 is 0 Å². The van der Waals surface area contributed by atoms with E-state index in [1.54, 1.807) is 12.1 Å². The van der Waals surface area contributed by atoms with Gasteiger partial charge in [0.25, 0.3) is 5.91 Å². The molecule has 4 heteroatoms. The number of phenols is 1. The molecule has 1 unspecified atom stereocenters. The summed E-state index contributed by atoms with van der Waals surface area (Å²) >= 11 is 0. The second kappa shape index (κ2) is 6.55. The molecule has 0 bridgehead atoms. The molecule has 2 N–H and O–H groups in total. The molecule has 96 valence electrons. The van der Waals surface area contributed by atoms with Crippen LogP contribution in [0.3, 0.4) is 0 Å². The molecule has 1 aromatic rings. The fourth-order valence-corrected chi connectivity index (χ4v) is 1.57. The standard InChI is InChI=1S/C14H17NO3/c1-4-7-10(5-2)15-14(17)11-8-6-9-12(18-3)13(11)16/h1,6,8-10,16H,5,7H2,2-3H3,(H,15,17). The number of phenolic OH excluding ortho intramolecular Hbond substituents is 1. The van der Waals surface area contributed by atoms with Crippen molar-refractivity contribution in [2.24, 2.45) is 0 Å². The Kier molecular flexibility index (Phi) is 5.06. The highest BCUT2D eigenvalue weighted by Crippen LogP contribution is 2.29. The Morgan fingerprint density at radius 2 is 2.33 bits per heavy atom. The van der Waals surface area contributed by atoms with Gasteiger partial charge < -0.3 is 15.2 Å². The lowest BCUT2D eigenvalue weighted by Crippen LogP contribution is -2.34. The molecule has 0 saturated heterocycles. The summed E-state index contributed by atoms with van der Waals surface area (Å²) in [6.45, 7) is 1.94. The van der Waals surface area contributed by atoms with Gasteiger partial charge in [0.1, 0.15) is 0 Å². The van der Waals surface area contributed by atoms with Crippen molar-refractivity contribution >= 4 is 5.91 Å². The Labute approximate surface area is 107 Å². The molecule has 18 heavy (non-hydrogen) atoms. The highest BCUT2D eigenvalue weighted by atomic mass is 16.5. The minimum Gasteiger partial charge on any atom is -0.504 e. The fourth-order valence-electron chi connectivity index (χ4n) is 1.57. The summed E-state index contributed by atoms with van der Waals surface area (Å²) in [5.41, 5.74) is 0.185. The van der Waals surface area contributed by atoms with Crippen LogP contribution in [0.25, 0.3) is 0 Å². The lowest BCUT2D eigenvalue weighted by molar-refractivity contribution is 0.0933. The number of rotatable bonds is 5. The predicted molar refractivity (Wildman–Crippen MR) is 69.7 cm³/mol. The molecule has 0 spiro atoms. The van der Waals surface area contributed by atoms with Gasteiger partial charge in [-0.1, -0.05) is 13.0 Å². The van der Waals surface area contributed by atoms with Gasteiger partial charge in [-0.25, -0.2) is 0 Å². The normalized spacial score (nSPS) is 11.4. The van der Waals surface area contributed by atoms with Crippen LogP contribution in [0.1, 0.15) is 30.1 Å². The van der Waals surface area contributed by atoms with Crippen LogP contribution in [0.4, 0.5) is 0 Å². The van der Waals surface area contributed by atoms with E-state index in [4.69, 9.17) is 11.2 Å². The van der Waals surface area contributed by atoms with E-state index in [-0.39, 0.29) is 29.0 Å². The molecular weight excluding hydrogens is 230 g/mol. The smallest absolute Gasteiger partial charge is 0.255 e. The molecule has 0 fully saturated rings. The van der Waals surface area contributed by atoms with E-state index in [9.17, 15) is 9.90 Å². The van der Waals surface area contributed by atoms with E-state index in [0.29, 0.717) is 6.42 Å². The number of para-hydroxylation sites is 1. The Bertz CT molecular complexity index is 463. The zero-order chi connectivity index (χ0) is 13.5. The summed E-state index contributed by atoms with van der Waals surface area (Å²) in [5, 5.41) is 12.6. The summed E-state index contributed by atoms with van der Waals surface area (Å²) in [6, 6.07) is 4.68. The van der Waals surface area contributed by atoms with E-state index in [0.717, 1.165) is 6.42 Å². The van der Waals surface area contributed by atoms with Crippen molar-refractivity contribution in [3.05, 3.63) is 23.8 Å². The molecule has 0 heterocycles. The SMILES string of the molecule is C#CCC(CC)NC(=O)c1cccc(OC)c1O. The average Bonchev–Trinajstić information content (AvgIpc) is 2.38. The van der Waals surface area contributed by atoms with Gasteiger partial charge in [-0.15, -0.1) is 12.3 Å². The maximum Gasteiger partial charge on any atom is 0.255 e. The van der Waals surface area contributed by atoms with Crippen LogP contribution < -0.4 is 10.1 Å². The monoisotopic (exact) mass is 247 g/mol. The van der Waals surface area contributed by atoms with E-state index >= 15 is 0 Å². The van der Waals surface area contributed by atoms with E-state index < -0.39 is 0 Å². The summed E-state index contributed by atoms with van der Waals surface area (Å²) in [5.74, 6) is 2.27. The Morgan fingerprint density at radius 1 is 1.61 bits per heavy atom. The van der Waals surface area contributed by atoms with Crippen LogP contribution in [0.2, 0.25) is 0 Å². The number of hydrogen-bond donors (Lipinski definition) is 2. The van der Waals surface area contributed by atoms with Crippen molar-refractivity contribution < 1.29 is 14.6 Å². The highest BCUT2D eigenvalue weighted by molar-refractivity contribution is 5.97. The molecule has 1 amide bonds. The highest BCUT2D eigenvalue weighted by Gasteiger charge is 2.17. The van der Waals surface area contributed by atoms with Crippen LogP contribution in [-0.2, 0) is 0 Å². The zero-order valence-corrected chi connectivity index (χ0v) is 10.6. The molecule has 4 nitrogen and oxygen atoms in total. The maximum absolute atomic E-state index is 12.0. The van der Waals surface area contributed by atoms with Gasteiger partial charge in [0.15, 0.2) is 11.5 Å². The number of benzene rings is 1. The van der Waals surface area contributed by atoms with Crippen LogP contribution >= 0.6 is 0 Å². The van der Waals surface area contributed by atoms with E-state index in [2.05, 4.69) is 11.2 Å². The van der Waals surface area contributed by atoms with Gasteiger partial charge in [0.2, 0.25) is 0 Å². The van der Waals surface area contributed by atoms with Gasteiger partial charge in [0, 0.05) is 12.5 Å². The van der Waals surface area contributed by atoms with Crippen LogP contribution in [-0.4, -0.2) is 24.2 Å². The summed E-state index contributed by atoms with van der Waals surface area (Å²) < 4.78 is 4.95. The summed E-state index contributed by atoms with van der Waals surface area (Å²) in [7, 11) is 1.43. The van der Waals surface area contributed by atoms with Crippen LogP contribution in [0.15, 0.2) is 18.2 Å². The molecule has 0 radical (unpaired) electrons. The van der Waals surface area contributed by atoms with Gasteiger partial charge in [-0.3, -0.25) is 4.79 Å². The number of carbonyl (C=O) groups is 1. The Morgan fingerprint density at radius 3 is 2.89 bits per heavy atom. The van der Waals surface area contributed by atoms with Crippen molar-refractivity contribution in [1.82, 2.24) is 5.32 Å². The first-order valence-corrected chi connectivity index (χ1v) is 5.74. The van der Waals surface area contributed by atoms with E-state index in [1.165, 1.54) is 13.2 Å². The number of terminal acetylenes is 1. The third-order valence-electron chi connectivity index (χ3n) is 2.66. The summed E-state index contributed by atoms with van der Waals surface area (Å²) in [4.78, 5) is 12.0. The number of methoxy groups -OCH3 is 1. The minimum atomic E-state index is -0.353. The van der Waals surface area contributed by atoms with Gasteiger partial charge in [-0.2, -0.15) is 0 Å². The first kappa shape index (κ1) is 13.9. The third kappa shape index (κ3) is 3.17. The predicted octanol–water partition coefficient (Wildman–Crippen LogP) is 1.93. The van der Waals surface area contributed by atoms with Crippen molar-refractivity contribution in [2.45, 2.75) is 25.8 Å². The van der Waals surface area contributed by atoms with Crippen LogP contribution in [0, 0.1) is 12.3 Å². The molecule has 0 aliphatic carbocycles. The molecule has 1 rings (SSSR count). The number of amides is 1. The van der Waals surface area contributed by atoms with Gasteiger partial charge in [-0.05, 0) is 18.6 Å².